The molecule has 9 heteroatoms. The van der Waals surface area contributed by atoms with Crippen LogP contribution in [0.4, 0.5) is 5.13 Å². The van der Waals surface area contributed by atoms with Gasteiger partial charge in [-0.25, -0.2) is 9.97 Å². The van der Waals surface area contributed by atoms with E-state index < -0.39 is 0 Å². The monoisotopic (exact) mass is 458 g/mol. The zero-order valence-electron chi connectivity index (χ0n) is 16.5. The number of carbonyl (C=O) groups is 2. The number of piperidine rings is 1. The highest BCUT2D eigenvalue weighted by molar-refractivity contribution is 7.98. The molecule has 30 heavy (non-hydrogen) atoms. The molecule has 3 aromatic rings. The van der Waals surface area contributed by atoms with Gasteiger partial charge in [0, 0.05) is 40.9 Å². The molecule has 1 aromatic carbocycles. The Kier molecular flexibility index (Phi) is 6.81. The van der Waals surface area contributed by atoms with Gasteiger partial charge in [0.05, 0.1) is 11.4 Å². The number of likely N-dealkylation sites (tertiary alicyclic amines) is 1. The Balaban J connectivity index is 1.29. The minimum Gasteiger partial charge on any atom is -0.342 e. The topological polar surface area (TPSA) is 75.2 Å². The van der Waals surface area contributed by atoms with Gasteiger partial charge in [0.25, 0.3) is 5.91 Å². The largest absolute Gasteiger partial charge is 0.342 e. The number of carbonyl (C=O) groups excluding carboxylic acids is 2. The number of nitrogens with zero attached hydrogens (tertiary/aromatic N) is 3. The summed E-state index contributed by atoms with van der Waals surface area (Å²) in [5.41, 5.74) is 1.48. The quantitative estimate of drug-likeness (QED) is 0.550. The molecule has 0 unspecified atom stereocenters. The second-order valence-corrected chi connectivity index (χ2v) is 9.71. The molecule has 1 aliphatic heterocycles. The Hall–Kier alpha value is -2.23. The summed E-state index contributed by atoms with van der Waals surface area (Å²) >= 11 is 4.60. The number of anilines is 1. The van der Waals surface area contributed by atoms with Crippen LogP contribution in [0.2, 0.25) is 0 Å². The third kappa shape index (κ3) is 5.08. The number of rotatable bonds is 6. The zero-order valence-corrected chi connectivity index (χ0v) is 19.0. The number of hydrogen-bond donors (Lipinski definition) is 1. The molecule has 6 nitrogen and oxygen atoms in total. The van der Waals surface area contributed by atoms with Crippen molar-refractivity contribution in [1.82, 2.24) is 14.9 Å². The van der Waals surface area contributed by atoms with Gasteiger partial charge < -0.3 is 4.90 Å². The molecule has 0 saturated carbocycles. The number of amides is 2. The van der Waals surface area contributed by atoms with E-state index in [1.54, 1.807) is 23.3 Å². The average Bonchev–Trinajstić information content (AvgIpc) is 3.47. The van der Waals surface area contributed by atoms with Crippen molar-refractivity contribution in [2.45, 2.75) is 30.1 Å². The number of aromatic nitrogens is 2. The Bertz CT molecular complexity index is 994. The van der Waals surface area contributed by atoms with E-state index in [9.17, 15) is 9.59 Å². The van der Waals surface area contributed by atoms with Crippen LogP contribution >= 0.6 is 34.4 Å². The van der Waals surface area contributed by atoms with Gasteiger partial charge in [0.1, 0.15) is 5.69 Å². The molecule has 1 aliphatic rings. The highest BCUT2D eigenvalue weighted by Crippen LogP contribution is 2.31. The highest BCUT2D eigenvalue weighted by atomic mass is 32.2. The Labute approximate surface area is 187 Å². The molecule has 156 valence electrons. The standard InChI is InChI=1S/C21H22N4O2S3/c1-28-16-4-2-14(3-5-16)12-18(26)25-9-6-15(7-10-25)20-23-17(13-30-20)19(27)24-21-22-8-11-29-21/h2-5,8,11,13,15H,6-7,9-10,12H2,1H3,(H,22,24,27). The fourth-order valence-corrected chi connectivity index (χ4v) is 5.33. The van der Waals surface area contributed by atoms with E-state index in [4.69, 9.17) is 0 Å². The molecule has 2 amide bonds. The number of benzene rings is 1. The lowest BCUT2D eigenvalue weighted by Gasteiger charge is -2.31. The van der Waals surface area contributed by atoms with Crippen LogP contribution in [0.5, 0.6) is 0 Å². The zero-order chi connectivity index (χ0) is 20.9. The number of hydrogen-bond acceptors (Lipinski definition) is 7. The second kappa shape index (κ2) is 9.72. The van der Waals surface area contributed by atoms with Crippen molar-refractivity contribution in [2.75, 3.05) is 24.7 Å². The number of thioether (sulfide) groups is 1. The molecule has 1 N–H and O–H groups in total. The molecule has 3 heterocycles. The summed E-state index contributed by atoms with van der Waals surface area (Å²) in [5, 5.41) is 7.93. The summed E-state index contributed by atoms with van der Waals surface area (Å²) in [7, 11) is 0. The lowest BCUT2D eigenvalue weighted by molar-refractivity contribution is -0.131. The van der Waals surface area contributed by atoms with Gasteiger partial charge in [-0.2, -0.15) is 0 Å². The van der Waals surface area contributed by atoms with Gasteiger partial charge in [0.15, 0.2) is 5.13 Å². The maximum absolute atomic E-state index is 12.7. The molecule has 0 atom stereocenters. The maximum Gasteiger partial charge on any atom is 0.276 e. The van der Waals surface area contributed by atoms with Crippen LogP contribution in [-0.2, 0) is 11.2 Å². The molecule has 0 aliphatic carbocycles. The first-order valence-corrected chi connectivity index (χ1v) is 12.7. The third-order valence-electron chi connectivity index (χ3n) is 5.12. The van der Waals surface area contributed by atoms with Crippen molar-refractivity contribution in [1.29, 1.82) is 0 Å². The van der Waals surface area contributed by atoms with Gasteiger partial charge in [0.2, 0.25) is 5.91 Å². The van der Waals surface area contributed by atoms with Crippen LogP contribution < -0.4 is 5.32 Å². The van der Waals surface area contributed by atoms with Crippen LogP contribution in [0.3, 0.4) is 0 Å². The molecular weight excluding hydrogens is 436 g/mol. The smallest absolute Gasteiger partial charge is 0.276 e. The van der Waals surface area contributed by atoms with Crippen molar-refractivity contribution >= 4 is 51.4 Å². The molecule has 2 aromatic heterocycles. The van der Waals surface area contributed by atoms with E-state index in [1.807, 2.05) is 28.7 Å². The van der Waals surface area contributed by atoms with Crippen LogP contribution in [0.25, 0.3) is 0 Å². The van der Waals surface area contributed by atoms with Gasteiger partial charge in [-0.3, -0.25) is 14.9 Å². The van der Waals surface area contributed by atoms with Crippen molar-refractivity contribution in [3.8, 4) is 0 Å². The van der Waals surface area contributed by atoms with Crippen LogP contribution in [-0.4, -0.2) is 46.0 Å². The minimum atomic E-state index is -0.229. The van der Waals surface area contributed by atoms with E-state index in [1.165, 1.54) is 27.6 Å². The van der Waals surface area contributed by atoms with Gasteiger partial charge in [-0.15, -0.1) is 34.4 Å². The Morgan fingerprint density at radius 1 is 1.20 bits per heavy atom. The van der Waals surface area contributed by atoms with Crippen LogP contribution in [0.1, 0.15) is 39.8 Å². The van der Waals surface area contributed by atoms with Crippen LogP contribution in [0, 0.1) is 0 Å². The first kappa shape index (κ1) is 21.0. The van der Waals surface area contributed by atoms with E-state index in [0.29, 0.717) is 23.2 Å². The highest BCUT2D eigenvalue weighted by Gasteiger charge is 2.26. The summed E-state index contributed by atoms with van der Waals surface area (Å²) < 4.78 is 0. The third-order valence-corrected chi connectivity index (χ3v) is 7.56. The average molecular weight is 459 g/mol. The van der Waals surface area contributed by atoms with E-state index >= 15 is 0 Å². The molecule has 0 radical (unpaired) electrons. The maximum atomic E-state index is 12.7. The van der Waals surface area contributed by atoms with Crippen LogP contribution in [0.15, 0.2) is 46.1 Å². The van der Waals surface area contributed by atoms with Crippen molar-refractivity contribution in [3.63, 3.8) is 0 Å². The van der Waals surface area contributed by atoms with Crippen molar-refractivity contribution in [2.24, 2.45) is 0 Å². The fraction of sp³-hybridized carbons (Fsp3) is 0.333. The SMILES string of the molecule is CSc1ccc(CC(=O)N2CCC(c3nc(C(=O)Nc4nccs4)cs3)CC2)cc1. The van der Waals surface area contributed by atoms with Gasteiger partial charge >= 0.3 is 0 Å². The van der Waals surface area contributed by atoms with Gasteiger partial charge in [-0.1, -0.05) is 12.1 Å². The van der Waals surface area contributed by atoms with E-state index in [-0.39, 0.29) is 11.8 Å². The molecule has 0 bridgehead atoms. The first-order chi connectivity index (χ1) is 14.6. The predicted octanol–water partition coefficient (Wildman–Crippen LogP) is 4.52. The molecule has 1 saturated heterocycles. The second-order valence-electron chi connectivity index (χ2n) is 7.04. The first-order valence-electron chi connectivity index (χ1n) is 9.69. The van der Waals surface area contributed by atoms with E-state index in [2.05, 4.69) is 27.4 Å². The van der Waals surface area contributed by atoms with Crippen molar-refractivity contribution < 1.29 is 9.59 Å². The van der Waals surface area contributed by atoms with Crippen molar-refractivity contribution in [3.05, 3.63) is 57.5 Å². The number of nitrogens with one attached hydrogen (secondary N) is 1. The Morgan fingerprint density at radius 2 is 1.97 bits per heavy atom. The molecule has 1 fully saturated rings. The number of thiazole rings is 2. The summed E-state index contributed by atoms with van der Waals surface area (Å²) in [6.45, 7) is 1.46. The summed E-state index contributed by atoms with van der Waals surface area (Å²) in [6, 6.07) is 8.18. The normalized spacial score (nSPS) is 14.6. The fourth-order valence-electron chi connectivity index (χ4n) is 3.43. The van der Waals surface area contributed by atoms with Gasteiger partial charge in [-0.05, 0) is 36.8 Å². The summed E-state index contributed by atoms with van der Waals surface area (Å²) in [4.78, 5) is 36.7. The molecular formula is C21H22N4O2S3. The Morgan fingerprint density at radius 3 is 2.63 bits per heavy atom. The lowest BCUT2D eigenvalue weighted by atomic mass is 9.97. The lowest BCUT2D eigenvalue weighted by Crippen LogP contribution is -2.38. The molecule has 0 spiro atoms. The summed E-state index contributed by atoms with van der Waals surface area (Å²) in [6.07, 6.45) is 5.89. The predicted molar refractivity (Wildman–Crippen MR) is 123 cm³/mol. The van der Waals surface area contributed by atoms with E-state index in [0.717, 1.165) is 36.5 Å². The summed E-state index contributed by atoms with van der Waals surface area (Å²) in [5.74, 6) is 0.238. The minimum absolute atomic E-state index is 0.174. The molecule has 4 rings (SSSR count).